The molecule has 2 rings (SSSR count). The topological polar surface area (TPSA) is 59.6 Å². The van der Waals surface area contributed by atoms with E-state index in [9.17, 15) is 4.79 Å². The highest BCUT2D eigenvalue weighted by molar-refractivity contribution is 9.10. The Bertz CT molecular complexity index is 753. The quantitative estimate of drug-likeness (QED) is 0.768. The Morgan fingerprint density at radius 3 is 2.79 bits per heavy atom. The minimum Gasteiger partial charge on any atom is -0.495 e. The van der Waals surface area contributed by atoms with Crippen LogP contribution in [0.2, 0.25) is 0 Å². The van der Waals surface area contributed by atoms with Crippen LogP contribution in [-0.4, -0.2) is 26.3 Å². The number of hydrogen-bond donors (Lipinski definition) is 2. The third kappa shape index (κ3) is 5.86. The van der Waals surface area contributed by atoms with Crippen molar-refractivity contribution < 1.29 is 14.3 Å². The summed E-state index contributed by atoms with van der Waals surface area (Å²) in [6, 6.07) is 14.4. The summed E-state index contributed by atoms with van der Waals surface area (Å²) in [4.78, 5) is 11.8. The van der Waals surface area contributed by atoms with Crippen LogP contribution in [0.4, 0.5) is 10.5 Å². The molecule has 0 bridgehead atoms. The molecule has 0 radical (unpaired) electrons. The highest BCUT2D eigenvalue weighted by Gasteiger charge is 2.04. The predicted molar refractivity (Wildman–Crippen MR) is 97.4 cm³/mol. The first-order valence-electron chi connectivity index (χ1n) is 7.21. The average molecular weight is 389 g/mol. The lowest BCUT2D eigenvalue weighted by Gasteiger charge is -2.09. The molecular formula is C18H17BrN2O3. The summed E-state index contributed by atoms with van der Waals surface area (Å²) in [5, 5.41) is 5.35. The Labute approximate surface area is 149 Å². The highest BCUT2D eigenvalue weighted by atomic mass is 79.9. The number of nitrogens with one attached hydrogen (secondary N) is 2. The van der Waals surface area contributed by atoms with Gasteiger partial charge in [0, 0.05) is 4.47 Å². The van der Waals surface area contributed by atoms with Gasteiger partial charge in [0.25, 0.3) is 0 Å². The molecule has 2 aromatic carbocycles. The summed E-state index contributed by atoms with van der Waals surface area (Å²) in [5.41, 5.74) is 0.600. The van der Waals surface area contributed by atoms with Crippen LogP contribution in [0.15, 0.2) is 53.0 Å². The zero-order valence-electron chi connectivity index (χ0n) is 13.1. The van der Waals surface area contributed by atoms with E-state index in [0.717, 1.165) is 10.2 Å². The van der Waals surface area contributed by atoms with E-state index in [-0.39, 0.29) is 19.2 Å². The van der Waals surface area contributed by atoms with Crippen LogP contribution in [0.5, 0.6) is 11.5 Å². The third-order valence-corrected chi connectivity index (χ3v) is 3.42. The summed E-state index contributed by atoms with van der Waals surface area (Å²) in [6.45, 7) is 0.481. The van der Waals surface area contributed by atoms with Gasteiger partial charge in [0.05, 0.1) is 19.3 Å². The Hall–Kier alpha value is -2.65. The van der Waals surface area contributed by atoms with Gasteiger partial charge in [0.1, 0.15) is 18.1 Å². The summed E-state index contributed by atoms with van der Waals surface area (Å²) < 4.78 is 11.6. The lowest BCUT2D eigenvalue weighted by molar-refractivity contribution is 0.253. The number of carbonyl (C=O) groups excluding carboxylic acids is 1. The van der Waals surface area contributed by atoms with Crippen molar-refractivity contribution in [3.8, 4) is 23.3 Å². The van der Waals surface area contributed by atoms with Crippen molar-refractivity contribution in [3.63, 3.8) is 0 Å². The van der Waals surface area contributed by atoms with E-state index in [1.54, 1.807) is 19.2 Å². The lowest BCUT2D eigenvalue weighted by atomic mass is 10.3. The number of anilines is 1. The minimum atomic E-state index is -0.346. The Morgan fingerprint density at radius 1 is 1.17 bits per heavy atom. The molecular weight excluding hydrogens is 372 g/mol. The van der Waals surface area contributed by atoms with Crippen molar-refractivity contribution in [3.05, 3.63) is 53.0 Å². The van der Waals surface area contributed by atoms with E-state index < -0.39 is 0 Å². The smallest absolute Gasteiger partial charge is 0.320 e. The molecule has 0 aliphatic heterocycles. The van der Waals surface area contributed by atoms with Gasteiger partial charge in [0.2, 0.25) is 0 Å². The molecule has 0 unspecified atom stereocenters. The molecule has 0 atom stereocenters. The fourth-order valence-electron chi connectivity index (χ4n) is 1.83. The second kappa shape index (κ2) is 9.48. The maximum atomic E-state index is 11.8. The summed E-state index contributed by atoms with van der Waals surface area (Å²) >= 11 is 3.37. The predicted octanol–water partition coefficient (Wildman–Crippen LogP) is 3.66. The maximum absolute atomic E-state index is 11.8. The van der Waals surface area contributed by atoms with Crippen molar-refractivity contribution in [1.29, 1.82) is 0 Å². The number of amides is 2. The van der Waals surface area contributed by atoms with Gasteiger partial charge in [-0.3, -0.25) is 0 Å². The number of methoxy groups -OCH3 is 1. The number of carbonyl (C=O) groups is 1. The first kappa shape index (κ1) is 17.7. The third-order valence-electron chi connectivity index (χ3n) is 2.92. The molecule has 2 amide bonds. The molecule has 5 nitrogen and oxygen atoms in total. The van der Waals surface area contributed by atoms with Gasteiger partial charge in [-0.15, -0.1) is 0 Å². The van der Waals surface area contributed by atoms with Gasteiger partial charge in [-0.1, -0.05) is 46.0 Å². The lowest BCUT2D eigenvalue weighted by Crippen LogP contribution is -2.29. The van der Waals surface area contributed by atoms with Crippen LogP contribution in [0.25, 0.3) is 0 Å². The zero-order chi connectivity index (χ0) is 17.2. The van der Waals surface area contributed by atoms with Crippen molar-refractivity contribution >= 4 is 27.6 Å². The Balaban J connectivity index is 1.71. The van der Waals surface area contributed by atoms with Crippen LogP contribution < -0.4 is 20.1 Å². The fraction of sp³-hybridized carbons (Fsp3) is 0.167. The van der Waals surface area contributed by atoms with E-state index in [4.69, 9.17) is 9.47 Å². The summed E-state index contributed by atoms with van der Waals surface area (Å²) in [7, 11) is 1.55. The number of hydrogen-bond acceptors (Lipinski definition) is 3. The maximum Gasteiger partial charge on any atom is 0.320 e. The fourth-order valence-corrected chi connectivity index (χ4v) is 2.21. The second-order valence-electron chi connectivity index (χ2n) is 4.61. The minimum absolute atomic E-state index is 0.225. The van der Waals surface area contributed by atoms with E-state index in [2.05, 4.69) is 38.4 Å². The molecule has 6 heteroatoms. The van der Waals surface area contributed by atoms with Crippen LogP contribution in [0, 0.1) is 11.8 Å². The highest BCUT2D eigenvalue weighted by Crippen LogP contribution is 2.22. The molecule has 0 aliphatic rings. The summed E-state index contributed by atoms with van der Waals surface area (Å²) in [5.74, 6) is 7.00. The zero-order valence-corrected chi connectivity index (χ0v) is 14.7. The molecule has 0 aromatic heterocycles. The second-order valence-corrected chi connectivity index (χ2v) is 5.52. The van der Waals surface area contributed by atoms with Crippen molar-refractivity contribution in [1.82, 2.24) is 5.32 Å². The van der Waals surface area contributed by atoms with Crippen LogP contribution in [-0.2, 0) is 0 Å². The van der Waals surface area contributed by atoms with Crippen molar-refractivity contribution in [2.45, 2.75) is 0 Å². The van der Waals surface area contributed by atoms with Crippen LogP contribution in [0.1, 0.15) is 0 Å². The molecule has 2 N–H and O–H groups in total. The average Bonchev–Trinajstić information content (AvgIpc) is 2.58. The number of para-hydroxylation sites is 2. The molecule has 24 heavy (non-hydrogen) atoms. The number of ether oxygens (including phenoxy) is 2. The number of benzene rings is 2. The summed E-state index contributed by atoms with van der Waals surface area (Å²) in [6.07, 6.45) is 0. The number of rotatable bonds is 5. The molecule has 0 spiro atoms. The molecule has 124 valence electrons. The molecule has 2 aromatic rings. The monoisotopic (exact) mass is 388 g/mol. The standard InChI is InChI=1S/C18H17BrN2O3/c1-23-17-10-3-2-9-16(17)21-18(22)20-11-4-5-12-24-15-8-6-7-14(19)13-15/h2-3,6-10,13H,11-12H2,1H3,(H2,20,21,22). The van der Waals surface area contributed by atoms with Gasteiger partial charge in [-0.05, 0) is 30.3 Å². The first-order chi connectivity index (χ1) is 11.7. The van der Waals surface area contributed by atoms with Gasteiger partial charge in [-0.25, -0.2) is 4.79 Å². The largest absolute Gasteiger partial charge is 0.495 e. The van der Waals surface area contributed by atoms with E-state index in [1.807, 2.05) is 36.4 Å². The Morgan fingerprint density at radius 2 is 2.00 bits per heavy atom. The Kier molecular flexibility index (Phi) is 6.99. The molecule has 0 heterocycles. The van der Waals surface area contributed by atoms with Crippen LogP contribution in [0.3, 0.4) is 0 Å². The molecule has 0 saturated carbocycles. The number of urea groups is 1. The van der Waals surface area contributed by atoms with E-state index >= 15 is 0 Å². The normalized spacial score (nSPS) is 9.42. The van der Waals surface area contributed by atoms with Gasteiger partial charge >= 0.3 is 6.03 Å². The van der Waals surface area contributed by atoms with Gasteiger partial charge in [-0.2, -0.15) is 0 Å². The van der Waals surface area contributed by atoms with Crippen molar-refractivity contribution in [2.24, 2.45) is 0 Å². The van der Waals surface area contributed by atoms with Crippen molar-refractivity contribution in [2.75, 3.05) is 25.6 Å². The SMILES string of the molecule is COc1ccccc1NC(=O)NCC#CCOc1cccc(Br)c1. The number of halogens is 1. The van der Waals surface area contributed by atoms with E-state index in [0.29, 0.717) is 11.4 Å². The van der Waals surface area contributed by atoms with Gasteiger partial charge < -0.3 is 20.1 Å². The molecule has 0 saturated heterocycles. The first-order valence-corrected chi connectivity index (χ1v) is 8.00. The molecule has 0 aliphatic carbocycles. The van der Waals surface area contributed by atoms with Crippen LogP contribution >= 0.6 is 15.9 Å². The van der Waals surface area contributed by atoms with E-state index in [1.165, 1.54) is 0 Å². The van der Waals surface area contributed by atoms with Gasteiger partial charge in [0.15, 0.2) is 0 Å². The molecule has 0 fully saturated rings.